The summed E-state index contributed by atoms with van der Waals surface area (Å²) in [5.41, 5.74) is 1.79. The van der Waals surface area contributed by atoms with Crippen LogP contribution in [-0.2, 0) is 16.2 Å². The van der Waals surface area contributed by atoms with E-state index < -0.39 is 21.8 Å². The van der Waals surface area contributed by atoms with E-state index in [0.29, 0.717) is 0 Å². The van der Waals surface area contributed by atoms with Gasteiger partial charge in [-0.15, -0.1) is 0 Å². The third-order valence-corrected chi connectivity index (χ3v) is 8.17. The molecule has 0 amide bonds. The molecular formula is C25H20BrF3N2O2S. The van der Waals surface area contributed by atoms with Crippen LogP contribution in [0.3, 0.4) is 0 Å². The minimum Gasteiger partial charge on any atom is -0.378 e. The van der Waals surface area contributed by atoms with Crippen molar-refractivity contribution in [1.29, 1.82) is 0 Å². The van der Waals surface area contributed by atoms with Crippen molar-refractivity contribution in [3.8, 4) is 0 Å². The minimum atomic E-state index is -4.56. The van der Waals surface area contributed by atoms with E-state index in [2.05, 4.69) is 50.3 Å². The Morgan fingerprint density at radius 2 is 1.79 bits per heavy atom. The first-order chi connectivity index (χ1) is 16.1. The highest BCUT2D eigenvalue weighted by Crippen LogP contribution is 2.50. The summed E-state index contributed by atoms with van der Waals surface area (Å²) in [5, 5.41) is 3.56. The fourth-order valence-electron chi connectivity index (χ4n) is 4.74. The standard InChI is InChI=1S/C25H20BrF3N2O2S/c26-17-6-1-4-15(12-17)24-21-9-3-8-20(21)22-14-19(10-11-23(22)30-24)34(32,33)31-18-7-2-5-16(13-18)25(27,28)29/h1-8,10-14,20-21,24,30-31H,9H2/t20-,21+,24+/m0/s1. The van der Waals surface area contributed by atoms with Gasteiger partial charge in [0.2, 0.25) is 0 Å². The van der Waals surface area contributed by atoms with Gasteiger partial charge >= 0.3 is 6.18 Å². The van der Waals surface area contributed by atoms with Crippen LogP contribution >= 0.6 is 15.9 Å². The van der Waals surface area contributed by atoms with Crippen LogP contribution in [0, 0.1) is 5.92 Å². The van der Waals surface area contributed by atoms with Crippen molar-refractivity contribution in [3.63, 3.8) is 0 Å². The third-order valence-electron chi connectivity index (χ3n) is 6.29. The maximum atomic E-state index is 13.0. The smallest absolute Gasteiger partial charge is 0.378 e. The summed E-state index contributed by atoms with van der Waals surface area (Å²) in [6, 6.07) is 17.1. The lowest BCUT2D eigenvalue weighted by atomic mass is 9.77. The number of fused-ring (bicyclic) bond motifs is 3. The maximum Gasteiger partial charge on any atom is 0.416 e. The molecule has 3 aromatic rings. The Morgan fingerprint density at radius 1 is 1.00 bits per heavy atom. The first kappa shape index (κ1) is 23.0. The zero-order chi connectivity index (χ0) is 24.1. The Balaban J connectivity index is 1.47. The predicted molar refractivity (Wildman–Crippen MR) is 129 cm³/mol. The van der Waals surface area contributed by atoms with Crippen LogP contribution in [-0.4, -0.2) is 8.42 Å². The van der Waals surface area contributed by atoms with E-state index in [1.54, 1.807) is 12.1 Å². The summed E-state index contributed by atoms with van der Waals surface area (Å²) in [6.07, 6.45) is 0.506. The van der Waals surface area contributed by atoms with Crippen LogP contribution in [0.1, 0.15) is 35.1 Å². The second-order valence-electron chi connectivity index (χ2n) is 8.46. The number of nitrogens with one attached hydrogen (secondary N) is 2. The van der Waals surface area contributed by atoms with E-state index in [1.807, 2.05) is 12.1 Å². The number of anilines is 2. The molecular weight excluding hydrogens is 529 g/mol. The van der Waals surface area contributed by atoms with Crippen molar-refractivity contribution >= 4 is 37.3 Å². The molecule has 0 unspecified atom stereocenters. The molecule has 0 saturated heterocycles. The molecule has 0 radical (unpaired) electrons. The predicted octanol–water partition coefficient (Wildman–Crippen LogP) is 7.10. The zero-order valence-corrected chi connectivity index (χ0v) is 20.1. The molecule has 0 saturated carbocycles. The first-order valence-corrected chi connectivity index (χ1v) is 12.9. The number of alkyl halides is 3. The number of benzene rings is 3. The Hall–Kier alpha value is -2.78. The van der Waals surface area contributed by atoms with Gasteiger partial charge in [0.1, 0.15) is 0 Å². The Labute approximate surface area is 204 Å². The highest BCUT2D eigenvalue weighted by molar-refractivity contribution is 9.10. The Kier molecular flexibility index (Phi) is 5.72. The number of hydrogen-bond acceptors (Lipinski definition) is 3. The minimum absolute atomic E-state index is 0.00502. The van der Waals surface area contributed by atoms with Crippen molar-refractivity contribution in [2.45, 2.75) is 29.5 Å². The normalized spacial score (nSPS) is 21.5. The van der Waals surface area contributed by atoms with E-state index in [1.165, 1.54) is 18.2 Å². The van der Waals surface area contributed by atoms with Crippen LogP contribution < -0.4 is 10.0 Å². The topological polar surface area (TPSA) is 58.2 Å². The summed E-state index contributed by atoms with van der Waals surface area (Å²) in [6.45, 7) is 0. The molecule has 0 spiro atoms. The highest BCUT2D eigenvalue weighted by atomic mass is 79.9. The lowest BCUT2D eigenvalue weighted by Crippen LogP contribution is -2.29. The Morgan fingerprint density at radius 3 is 2.56 bits per heavy atom. The molecule has 4 nitrogen and oxygen atoms in total. The molecule has 0 bridgehead atoms. The molecule has 3 atom stereocenters. The van der Waals surface area contributed by atoms with Gasteiger partial charge in [0, 0.05) is 21.8 Å². The number of sulfonamides is 1. The fourth-order valence-corrected chi connectivity index (χ4v) is 6.24. The van der Waals surface area contributed by atoms with Crippen LogP contribution in [0.15, 0.2) is 88.3 Å². The number of allylic oxidation sites excluding steroid dienone is 2. The van der Waals surface area contributed by atoms with Crippen molar-refractivity contribution in [2.75, 3.05) is 10.0 Å². The molecule has 1 aliphatic heterocycles. The van der Waals surface area contributed by atoms with E-state index in [-0.39, 0.29) is 28.5 Å². The average Bonchev–Trinajstić information content (AvgIpc) is 3.28. The number of rotatable bonds is 4. The lowest BCUT2D eigenvalue weighted by molar-refractivity contribution is -0.137. The van der Waals surface area contributed by atoms with Gasteiger partial charge in [-0.05, 0) is 72.0 Å². The summed E-state index contributed by atoms with van der Waals surface area (Å²) in [5.74, 6) is 0.250. The van der Waals surface area contributed by atoms with Crippen LogP contribution in [0.5, 0.6) is 0 Å². The van der Waals surface area contributed by atoms with Crippen molar-refractivity contribution in [2.24, 2.45) is 5.92 Å². The molecule has 0 aromatic heterocycles. The molecule has 0 fully saturated rings. The van der Waals surface area contributed by atoms with Crippen LogP contribution in [0.25, 0.3) is 0 Å². The van der Waals surface area contributed by atoms with Crippen molar-refractivity contribution < 1.29 is 21.6 Å². The maximum absolute atomic E-state index is 13.0. The number of halogens is 4. The van der Waals surface area contributed by atoms with Gasteiger partial charge < -0.3 is 5.32 Å². The van der Waals surface area contributed by atoms with Gasteiger partial charge in [0.25, 0.3) is 10.0 Å². The largest absolute Gasteiger partial charge is 0.416 e. The molecule has 3 aromatic carbocycles. The van der Waals surface area contributed by atoms with Crippen molar-refractivity contribution in [1.82, 2.24) is 0 Å². The van der Waals surface area contributed by atoms with Gasteiger partial charge in [-0.3, -0.25) is 4.72 Å². The molecule has 2 aliphatic rings. The lowest BCUT2D eigenvalue weighted by Gasteiger charge is -2.37. The summed E-state index contributed by atoms with van der Waals surface area (Å²) in [7, 11) is -4.08. The molecule has 34 heavy (non-hydrogen) atoms. The van der Waals surface area contributed by atoms with Gasteiger partial charge in [-0.2, -0.15) is 13.2 Å². The fraction of sp³-hybridized carbons (Fsp3) is 0.200. The molecule has 9 heteroatoms. The van der Waals surface area contributed by atoms with Crippen LogP contribution in [0.2, 0.25) is 0 Å². The Bertz CT molecular complexity index is 1390. The van der Waals surface area contributed by atoms with E-state index in [0.717, 1.165) is 39.8 Å². The molecule has 1 aliphatic carbocycles. The summed E-state index contributed by atoms with van der Waals surface area (Å²) in [4.78, 5) is 0.00502. The van der Waals surface area contributed by atoms with Gasteiger partial charge in [0.15, 0.2) is 0 Å². The quantitative estimate of drug-likeness (QED) is 0.342. The summed E-state index contributed by atoms with van der Waals surface area (Å²) >= 11 is 3.53. The SMILES string of the molecule is O=S(=O)(Nc1cccc(C(F)(F)F)c1)c1ccc2c(c1)[C@H]1C=CC[C@H]1[C@@H](c1cccc(Br)c1)N2. The van der Waals surface area contributed by atoms with Gasteiger partial charge in [-0.25, -0.2) is 8.42 Å². The van der Waals surface area contributed by atoms with Crippen molar-refractivity contribution in [3.05, 3.63) is 100 Å². The molecule has 176 valence electrons. The van der Waals surface area contributed by atoms with E-state index >= 15 is 0 Å². The third kappa shape index (κ3) is 4.34. The highest BCUT2D eigenvalue weighted by Gasteiger charge is 2.38. The molecule has 1 heterocycles. The first-order valence-electron chi connectivity index (χ1n) is 10.6. The second kappa shape index (κ2) is 8.46. The average molecular weight is 549 g/mol. The second-order valence-corrected chi connectivity index (χ2v) is 11.1. The van der Waals surface area contributed by atoms with Gasteiger partial charge in [0.05, 0.1) is 16.5 Å². The van der Waals surface area contributed by atoms with E-state index in [4.69, 9.17) is 0 Å². The van der Waals surface area contributed by atoms with E-state index in [9.17, 15) is 21.6 Å². The zero-order valence-electron chi connectivity index (χ0n) is 17.7. The monoisotopic (exact) mass is 548 g/mol. The number of hydrogen-bond donors (Lipinski definition) is 2. The molecule has 2 N–H and O–H groups in total. The van der Waals surface area contributed by atoms with Crippen LogP contribution in [0.4, 0.5) is 24.5 Å². The molecule has 5 rings (SSSR count). The summed E-state index contributed by atoms with van der Waals surface area (Å²) < 4.78 is 68.4. The van der Waals surface area contributed by atoms with Gasteiger partial charge in [-0.1, -0.05) is 46.3 Å².